The first-order chi connectivity index (χ1) is 8.18. The average molecular weight is 234 g/mol. The lowest BCUT2D eigenvalue weighted by Crippen LogP contribution is -2.34. The summed E-state index contributed by atoms with van der Waals surface area (Å²) in [5.74, 6) is 0.318. The summed E-state index contributed by atoms with van der Waals surface area (Å²) in [7, 11) is 0. The molecule has 17 heavy (non-hydrogen) atoms. The minimum absolute atomic E-state index is 0.318. The van der Waals surface area contributed by atoms with Crippen LogP contribution in [0.1, 0.15) is 31.7 Å². The van der Waals surface area contributed by atoms with Gasteiger partial charge in [-0.2, -0.15) is 0 Å². The quantitative estimate of drug-likeness (QED) is 0.849. The van der Waals surface area contributed by atoms with E-state index in [0.717, 1.165) is 38.9 Å². The van der Waals surface area contributed by atoms with E-state index in [1.807, 2.05) is 13.0 Å². The Morgan fingerprint density at radius 1 is 1.35 bits per heavy atom. The lowest BCUT2D eigenvalue weighted by molar-refractivity contribution is -0.0137. The summed E-state index contributed by atoms with van der Waals surface area (Å²) in [5.41, 5.74) is 0.789. The van der Waals surface area contributed by atoms with Crippen LogP contribution < -0.4 is 0 Å². The molecule has 0 amide bonds. The van der Waals surface area contributed by atoms with Crippen molar-refractivity contribution in [3.8, 4) is 0 Å². The molecule has 0 radical (unpaired) electrons. The first-order valence-electron chi connectivity index (χ1n) is 6.52. The van der Waals surface area contributed by atoms with Crippen molar-refractivity contribution in [2.45, 2.75) is 38.2 Å². The van der Waals surface area contributed by atoms with Crippen molar-refractivity contribution in [3.05, 3.63) is 35.9 Å². The van der Waals surface area contributed by atoms with Crippen LogP contribution in [0.2, 0.25) is 0 Å². The maximum absolute atomic E-state index is 10.4. The predicted molar refractivity (Wildman–Crippen MR) is 68.9 cm³/mol. The Labute approximate surface area is 104 Å². The summed E-state index contributed by atoms with van der Waals surface area (Å²) in [6.45, 7) is 3.48. The highest BCUT2D eigenvalue weighted by molar-refractivity contribution is 5.14. The van der Waals surface area contributed by atoms with Crippen LogP contribution in [0, 0.1) is 5.92 Å². The van der Waals surface area contributed by atoms with E-state index in [4.69, 9.17) is 4.74 Å². The molecular formula is C15H22O2. The minimum atomic E-state index is -0.564. The Morgan fingerprint density at radius 2 is 2.12 bits per heavy atom. The van der Waals surface area contributed by atoms with Crippen molar-refractivity contribution >= 4 is 0 Å². The minimum Gasteiger partial charge on any atom is -0.390 e. The molecule has 94 valence electrons. The highest BCUT2D eigenvalue weighted by atomic mass is 16.5. The van der Waals surface area contributed by atoms with E-state index < -0.39 is 5.60 Å². The molecule has 2 rings (SSSR count). The molecule has 0 spiro atoms. The van der Waals surface area contributed by atoms with Gasteiger partial charge in [-0.25, -0.2) is 0 Å². The van der Waals surface area contributed by atoms with Crippen LogP contribution in [0.25, 0.3) is 0 Å². The Morgan fingerprint density at radius 3 is 2.76 bits per heavy atom. The lowest BCUT2D eigenvalue weighted by atomic mass is 9.84. The fourth-order valence-corrected chi connectivity index (χ4v) is 2.52. The predicted octanol–water partition coefficient (Wildman–Crippen LogP) is 2.80. The van der Waals surface area contributed by atoms with Gasteiger partial charge in [0.05, 0.1) is 12.2 Å². The molecule has 1 heterocycles. The van der Waals surface area contributed by atoms with Gasteiger partial charge in [-0.3, -0.25) is 0 Å². The highest BCUT2D eigenvalue weighted by Crippen LogP contribution is 2.29. The number of rotatable bonds is 5. The van der Waals surface area contributed by atoms with Gasteiger partial charge in [0.2, 0.25) is 0 Å². The van der Waals surface area contributed by atoms with Gasteiger partial charge in [0, 0.05) is 12.5 Å². The first kappa shape index (κ1) is 12.6. The fourth-order valence-electron chi connectivity index (χ4n) is 2.52. The summed E-state index contributed by atoms with van der Waals surface area (Å²) in [4.78, 5) is 0. The molecule has 1 aliphatic heterocycles. The van der Waals surface area contributed by atoms with Gasteiger partial charge in [0.25, 0.3) is 0 Å². The Hall–Kier alpha value is -0.860. The Kier molecular flexibility index (Phi) is 4.19. The van der Waals surface area contributed by atoms with Crippen LogP contribution in [0.3, 0.4) is 0 Å². The van der Waals surface area contributed by atoms with Crippen LogP contribution in [0.15, 0.2) is 30.3 Å². The van der Waals surface area contributed by atoms with E-state index in [9.17, 15) is 5.11 Å². The van der Waals surface area contributed by atoms with Crippen LogP contribution in [-0.4, -0.2) is 23.9 Å². The van der Waals surface area contributed by atoms with Crippen molar-refractivity contribution in [2.75, 3.05) is 13.2 Å². The van der Waals surface area contributed by atoms with Crippen LogP contribution >= 0.6 is 0 Å². The zero-order chi connectivity index (χ0) is 12.1. The fraction of sp³-hybridized carbons (Fsp3) is 0.600. The van der Waals surface area contributed by atoms with Crippen molar-refractivity contribution in [3.63, 3.8) is 0 Å². The second-order valence-electron chi connectivity index (χ2n) is 5.26. The van der Waals surface area contributed by atoms with Gasteiger partial charge in [0.15, 0.2) is 0 Å². The van der Waals surface area contributed by atoms with Crippen molar-refractivity contribution in [1.29, 1.82) is 0 Å². The molecule has 1 aliphatic rings. The number of aliphatic hydroxyl groups is 1. The second-order valence-corrected chi connectivity index (χ2v) is 5.26. The lowest BCUT2D eigenvalue weighted by Gasteiger charge is -2.29. The van der Waals surface area contributed by atoms with Gasteiger partial charge in [0.1, 0.15) is 0 Å². The number of ether oxygens (including phenoxy) is 1. The van der Waals surface area contributed by atoms with Gasteiger partial charge in [-0.15, -0.1) is 0 Å². The van der Waals surface area contributed by atoms with Crippen LogP contribution in [-0.2, 0) is 11.2 Å². The van der Waals surface area contributed by atoms with E-state index >= 15 is 0 Å². The Balaban J connectivity index is 1.77. The van der Waals surface area contributed by atoms with E-state index in [1.54, 1.807) is 0 Å². The molecule has 0 aromatic heterocycles. The van der Waals surface area contributed by atoms with Gasteiger partial charge in [-0.1, -0.05) is 30.3 Å². The molecule has 1 N–H and O–H groups in total. The monoisotopic (exact) mass is 234 g/mol. The van der Waals surface area contributed by atoms with Crippen LogP contribution in [0.5, 0.6) is 0 Å². The largest absolute Gasteiger partial charge is 0.390 e. The maximum Gasteiger partial charge on any atom is 0.0670 e. The molecule has 0 saturated carbocycles. The third-order valence-electron chi connectivity index (χ3n) is 3.80. The number of aryl methyl sites for hydroxylation is 1. The first-order valence-corrected chi connectivity index (χ1v) is 6.52. The smallest absolute Gasteiger partial charge is 0.0670 e. The Bertz CT molecular complexity index is 326. The van der Waals surface area contributed by atoms with Crippen LogP contribution in [0.4, 0.5) is 0 Å². The summed E-state index contributed by atoms with van der Waals surface area (Å²) < 4.78 is 5.35. The van der Waals surface area contributed by atoms with Gasteiger partial charge in [-0.05, 0) is 38.2 Å². The molecule has 0 aliphatic carbocycles. The van der Waals surface area contributed by atoms with E-state index in [-0.39, 0.29) is 0 Å². The third kappa shape index (κ3) is 3.55. The number of benzene rings is 1. The molecule has 1 fully saturated rings. The average Bonchev–Trinajstić information content (AvgIpc) is 2.84. The normalized spacial score (nSPS) is 23.5. The molecule has 2 atom stereocenters. The van der Waals surface area contributed by atoms with Gasteiger partial charge >= 0.3 is 0 Å². The molecule has 2 unspecified atom stereocenters. The zero-order valence-electron chi connectivity index (χ0n) is 10.6. The standard InChI is InChI=1S/C15H22O2/c1-15(16,14-9-11-17-12-14)10-5-8-13-6-3-2-4-7-13/h2-4,6-7,14,16H,5,8-12H2,1H3. The number of hydrogen-bond donors (Lipinski definition) is 1. The summed E-state index contributed by atoms with van der Waals surface area (Å²) in [5, 5.41) is 10.4. The zero-order valence-corrected chi connectivity index (χ0v) is 10.6. The second kappa shape index (κ2) is 5.65. The van der Waals surface area contributed by atoms with Gasteiger partial charge < -0.3 is 9.84 Å². The molecule has 1 aromatic rings. The summed E-state index contributed by atoms with van der Waals surface area (Å²) in [6, 6.07) is 10.5. The van der Waals surface area contributed by atoms with Crippen molar-refractivity contribution in [1.82, 2.24) is 0 Å². The van der Waals surface area contributed by atoms with E-state index in [0.29, 0.717) is 5.92 Å². The number of hydrogen-bond acceptors (Lipinski definition) is 2. The molecule has 2 heteroatoms. The molecule has 0 bridgehead atoms. The molecule has 1 aromatic carbocycles. The van der Waals surface area contributed by atoms with Crippen molar-refractivity contribution < 1.29 is 9.84 Å². The molecule has 2 nitrogen and oxygen atoms in total. The van der Waals surface area contributed by atoms with Crippen molar-refractivity contribution in [2.24, 2.45) is 5.92 Å². The summed E-state index contributed by atoms with van der Waals surface area (Å²) >= 11 is 0. The molecule has 1 saturated heterocycles. The third-order valence-corrected chi connectivity index (χ3v) is 3.80. The molecular weight excluding hydrogens is 212 g/mol. The highest BCUT2D eigenvalue weighted by Gasteiger charge is 2.33. The van der Waals surface area contributed by atoms with E-state index in [1.165, 1.54) is 5.56 Å². The van der Waals surface area contributed by atoms with E-state index in [2.05, 4.69) is 24.3 Å². The maximum atomic E-state index is 10.4. The topological polar surface area (TPSA) is 29.5 Å². The SMILES string of the molecule is CC(O)(CCCc1ccccc1)C1CCOC1. The summed E-state index contributed by atoms with van der Waals surface area (Å²) in [6.07, 6.45) is 3.94.